The van der Waals surface area contributed by atoms with Crippen molar-refractivity contribution in [2.75, 3.05) is 0 Å². The van der Waals surface area contributed by atoms with Crippen LogP contribution in [0.1, 0.15) is 12.5 Å². The van der Waals surface area contributed by atoms with E-state index in [1.54, 1.807) is 13.0 Å². The molecule has 0 radical (unpaired) electrons. The van der Waals surface area contributed by atoms with E-state index in [2.05, 4.69) is 12.1 Å². The Bertz CT molecular complexity index is 621. The predicted molar refractivity (Wildman–Crippen MR) is 83.6 cm³/mol. The SMILES string of the molecule is C[C@H](/C=C/c1ccc(-c2ccccc2)cc1)N(O)C(N)=O. The summed E-state index contributed by atoms with van der Waals surface area (Å²) in [6.07, 6.45) is 3.55. The van der Waals surface area contributed by atoms with E-state index in [-0.39, 0.29) is 0 Å². The fourth-order valence-electron chi connectivity index (χ4n) is 1.95. The molecule has 2 rings (SSSR count). The monoisotopic (exact) mass is 282 g/mol. The van der Waals surface area contributed by atoms with Crippen LogP contribution in [-0.2, 0) is 0 Å². The second kappa shape index (κ2) is 6.72. The van der Waals surface area contributed by atoms with Gasteiger partial charge in [0.2, 0.25) is 0 Å². The van der Waals surface area contributed by atoms with Crippen molar-refractivity contribution in [3.63, 3.8) is 0 Å². The third kappa shape index (κ3) is 3.94. The molecule has 2 amide bonds. The molecule has 0 spiro atoms. The van der Waals surface area contributed by atoms with Crippen LogP contribution in [0.15, 0.2) is 60.7 Å². The average molecular weight is 282 g/mol. The summed E-state index contributed by atoms with van der Waals surface area (Å²) >= 11 is 0. The van der Waals surface area contributed by atoms with Gasteiger partial charge in [-0.3, -0.25) is 5.21 Å². The zero-order valence-electron chi connectivity index (χ0n) is 11.8. The molecule has 0 saturated heterocycles. The number of nitrogens with two attached hydrogens (primary N) is 1. The highest BCUT2D eigenvalue weighted by Crippen LogP contribution is 2.19. The zero-order valence-corrected chi connectivity index (χ0v) is 11.8. The first kappa shape index (κ1) is 14.8. The van der Waals surface area contributed by atoms with Gasteiger partial charge in [0.05, 0.1) is 6.04 Å². The molecule has 4 heteroatoms. The minimum absolute atomic E-state index is 0.476. The summed E-state index contributed by atoms with van der Waals surface area (Å²) in [4.78, 5) is 10.8. The summed E-state index contributed by atoms with van der Waals surface area (Å²) in [5.41, 5.74) is 8.28. The van der Waals surface area contributed by atoms with E-state index in [0.717, 1.165) is 16.7 Å². The van der Waals surface area contributed by atoms with Crippen molar-refractivity contribution in [2.24, 2.45) is 5.73 Å². The van der Waals surface area contributed by atoms with Crippen molar-refractivity contribution < 1.29 is 10.0 Å². The number of benzene rings is 2. The van der Waals surface area contributed by atoms with Crippen LogP contribution in [0.3, 0.4) is 0 Å². The number of urea groups is 1. The fraction of sp³-hybridized carbons (Fsp3) is 0.118. The van der Waals surface area contributed by atoms with Crippen LogP contribution in [0, 0.1) is 0 Å². The molecule has 0 unspecified atom stereocenters. The van der Waals surface area contributed by atoms with E-state index in [0.29, 0.717) is 5.06 Å². The van der Waals surface area contributed by atoms with E-state index < -0.39 is 12.1 Å². The van der Waals surface area contributed by atoms with Crippen LogP contribution in [0.5, 0.6) is 0 Å². The second-order valence-electron chi connectivity index (χ2n) is 4.77. The molecule has 1 atom stereocenters. The number of nitrogens with zero attached hydrogens (tertiary/aromatic N) is 1. The first-order valence-corrected chi connectivity index (χ1v) is 6.69. The highest BCUT2D eigenvalue weighted by molar-refractivity contribution is 5.71. The molecule has 21 heavy (non-hydrogen) atoms. The molecule has 0 aromatic heterocycles. The Kier molecular flexibility index (Phi) is 4.74. The van der Waals surface area contributed by atoms with Crippen molar-refractivity contribution in [2.45, 2.75) is 13.0 Å². The van der Waals surface area contributed by atoms with Gasteiger partial charge < -0.3 is 5.73 Å². The quantitative estimate of drug-likeness (QED) is 0.665. The average Bonchev–Trinajstić information content (AvgIpc) is 2.53. The first-order chi connectivity index (χ1) is 10.1. The Morgan fingerprint density at radius 2 is 1.67 bits per heavy atom. The lowest BCUT2D eigenvalue weighted by Gasteiger charge is -2.16. The van der Waals surface area contributed by atoms with Crippen LogP contribution in [0.4, 0.5) is 4.79 Å². The van der Waals surface area contributed by atoms with Gasteiger partial charge in [-0.25, -0.2) is 4.79 Å². The van der Waals surface area contributed by atoms with Gasteiger partial charge >= 0.3 is 6.03 Å². The minimum Gasteiger partial charge on any atom is -0.350 e. The Labute approximate surface area is 124 Å². The summed E-state index contributed by atoms with van der Waals surface area (Å²) in [5, 5.41) is 9.87. The maximum atomic E-state index is 10.8. The largest absolute Gasteiger partial charge is 0.350 e. The van der Waals surface area contributed by atoms with Crippen LogP contribution < -0.4 is 5.73 Å². The third-order valence-electron chi connectivity index (χ3n) is 3.20. The molecule has 4 nitrogen and oxygen atoms in total. The lowest BCUT2D eigenvalue weighted by molar-refractivity contribution is -0.0560. The smallest absolute Gasteiger partial charge is 0.339 e. The lowest BCUT2D eigenvalue weighted by Crippen LogP contribution is -2.38. The number of carbonyl (C=O) groups is 1. The van der Waals surface area contributed by atoms with Crippen LogP contribution in [0.25, 0.3) is 17.2 Å². The Morgan fingerprint density at radius 1 is 1.10 bits per heavy atom. The van der Waals surface area contributed by atoms with Gasteiger partial charge in [-0.05, 0) is 23.6 Å². The van der Waals surface area contributed by atoms with E-state index in [4.69, 9.17) is 5.73 Å². The summed E-state index contributed by atoms with van der Waals surface area (Å²) in [7, 11) is 0. The molecule has 2 aromatic carbocycles. The van der Waals surface area contributed by atoms with Crippen LogP contribution in [-0.4, -0.2) is 22.3 Å². The van der Waals surface area contributed by atoms with Crippen LogP contribution >= 0.6 is 0 Å². The highest BCUT2D eigenvalue weighted by Gasteiger charge is 2.11. The summed E-state index contributed by atoms with van der Waals surface area (Å²) in [6, 6.07) is 16.8. The summed E-state index contributed by atoms with van der Waals surface area (Å²) in [6.45, 7) is 1.68. The fourth-order valence-corrected chi connectivity index (χ4v) is 1.95. The second-order valence-corrected chi connectivity index (χ2v) is 4.77. The van der Waals surface area contributed by atoms with Gasteiger partial charge in [-0.1, -0.05) is 66.7 Å². The van der Waals surface area contributed by atoms with Gasteiger partial charge in [0.15, 0.2) is 0 Å². The normalized spacial score (nSPS) is 12.3. The first-order valence-electron chi connectivity index (χ1n) is 6.69. The van der Waals surface area contributed by atoms with Gasteiger partial charge in [0.1, 0.15) is 0 Å². The maximum Gasteiger partial charge on any atom is 0.339 e. The third-order valence-corrected chi connectivity index (χ3v) is 3.20. The van der Waals surface area contributed by atoms with Crippen molar-refractivity contribution in [3.05, 3.63) is 66.2 Å². The van der Waals surface area contributed by atoms with Gasteiger partial charge in [0, 0.05) is 0 Å². The summed E-state index contributed by atoms with van der Waals surface area (Å²) in [5.74, 6) is 0. The van der Waals surface area contributed by atoms with Crippen molar-refractivity contribution in [3.8, 4) is 11.1 Å². The van der Waals surface area contributed by atoms with E-state index >= 15 is 0 Å². The number of primary amides is 1. The standard InChI is InChI=1S/C17H18N2O2/c1-13(19(21)17(18)20)7-8-14-9-11-16(12-10-14)15-5-3-2-4-6-15/h2-13,21H,1H3,(H2,18,20)/b8-7+/t13-/m1/s1. The molecule has 0 aliphatic heterocycles. The Hall–Kier alpha value is -2.59. The number of hydrogen-bond donors (Lipinski definition) is 2. The molecular formula is C17H18N2O2. The molecule has 0 fully saturated rings. The molecule has 108 valence electrons. The minimum atomic E-state index is -0.869. The van der Waals surface area contributed by atoms with E-state index in [1.165, 1.54) is 0 Å². The van der Waals surface area contributed by atoms with Crippen molar-refractivity contribution in [1.29, 1.82) is 0 Å². The van der Waals surface area contributed by atoms with E-state index in [1.807, 2.05) is 48.5 Å². The van der Waals surface area contributed by atoms with Gasteiger partial charge in [-0.2, -0.15) is 5.06 Å². The predicted octanol–water partition coefficient (Wildman–Crippen LogP) is 3.53. The molecule has 0 bridgehead atoms. The Balaban J connectivity index is 2.08. The van der Waals surface area contributed by atoms with Gasteiger partial charge in [-0.15, -0.1) is 0 Å². The van der Waals surface area contributed by atoms with Crippen molar-refractivity contribution >= 4 is 12.1 Å². The molecule has 0 saturated carbocycles. The van der Waals surface area contributed by atoms with Gasteiger partial charge in [0.25, 0.3) is 0 Å². The van der Waals surface area contributed by atoms with Crippen LogP contribution in [0.2, 0.25) is 0 Å². The van der Waals surface area contributed by atoms with Crippen molar-refractivity contribution in [1.82, 2.24) is 5.06 Å². The highest BCUT2D eigenvalue weighted by atomic mass is 16.5. The molecule has 3 N–H and O–H groups in total. The lowest BCUT2D eigenvalue weighted by atomic mass is 10.0. The molecule has 0 heterocycles. The number of rotatable bonds is 4. The molecular weight excluding hydrogens is 264 g/mol. The van der Waals surface area contributed by atoms with E-state index in [9.17, 15) is 10.0 Å². The zero-order chi connectivity index (χ0) is 15.2. The topological polar surface area (TPSA) is 66.6 Å². The molecule has 0 aliphatic rings. The molecule has 0 aliphatic carbocycles. The summed E-state index contributed by atoms with van der Waals surface area (Å²) < 4.78 is 0. The maximum absolute atomic E-state index is 10.8. The number of amides is 2. The number of hydroxylamine groups is 2. The molecule has 2 aromatic rings. The number of carbonyl (C=O) groups excluding carboxylic acids is 1. The number of hydrogen-bond acceptors (Lipinski definition) is 2. The Morgan fingerprint density at radius 3 is 2.24 bits per heavy atom.